The van der Waals surface area contributed by atoms with Gasteiger partial charge in [0.2, 0.25) is 0 Å². The van der Waals surface area contributed by atoms with Crippen molar-refractivity contribution in [2.45, 2.75) is 58.3 Å². The highest BCUT2D eigenvalue weighted by Gasteiger charge is 2.27. The molecule has 1 aliphatic heterocycles. The number of allylic oxidation sites excluding steroid dienone is 3. The normalized spacial score (nSPS) is 30.2. The zero-order chi connectivity index (χ0) is 16.2. The molecule has 0 radical (unpaired) electrons. The van der Waals surface area contributed by atoms with Gasteiger partial charge in [0.15, 0.2) is 0 Å². The maximum atomic E-state index is 4.88. The topological polar surface area (TPSA) is 28.0 Å². The van der Waals surface area contributed by atoms with E-state index in [9.17, 15) is 0 Å². The predicted octanol–water partition coefficient (Wildman–Crippen LogP) is 4.82. The Kier molecular flexibility index (Phi) is 5.34. The highest BCUT2D eigenvalue weighted by atomic mass is 15.2. The van der Waals surface area contributed by atoms with Crippen molar-refractivity contribution < 1.29 is 0 Å². The summed E-state index contributed by atoms with van der Waals surface area (Å²) in [5.41, 5.74) is 1.20. The molecule has 3 aliphatic rings. The van der Waals surface area contributed by atoms with E-state index in [1.165, 1.54) is 50.1 Å². The van der Waals surface area contributed by atoms with Gasteiger partial charge < -0.3 is 4.90 Å². The minimum Gasteiger partial charge on any atom is -0.366 e. The van der Waals surface area contributed by atoms with Crippen LogP contribution in [0.25, 0.3) is 0 Å². The van der Waals surface area contributed by atoms with Crippen molar-refractivity contribution >= 4 is 11.7 Å². The molecule has 23 heavy (non-hydrogen) atoms. The molecule has 1 atom stereocenters. The summed E-state index contributed by atoms with van der Waals surface area (Å²) in [6.07, 6.45) is 16.9. The zero-order valence-corrected chi connectivity index (χ0v) is 15.0. The van der Waals surface area contributed by atoms with Crippen LogP contribution in [0.15, 0.2) is 33.9 Å². The average molecular weight is 313 g/mol. The van der Waals surface area contributed by atoms with E-state index in [-0.39, 0.29) is 0 Å². The summed E-state index contributed by atoms with van der Waals surface area (Å²) in [6, 6.07) is 0. The number of nitrogens with zero attached hydrogens (tertiary/aromatic N) is 3. The molecule has 126 valence electrons. The van der Waals surface area contributed by atoms with Gasteiger partial charge in [0.1, 0.15) is 11.7 Å². The van der Waals surface area contributed by atoms with Crippen LogP contribution in [0.4, 0.5) is 0 Å². The van der Waals surface area contributed by atoms with Crippen LogP contribution in [-0.2, 0) is 0 Å². The second kappa shape index (κ2) is 7.46. The molecule has 1 saturated carbocycles. The molecule has 1 unspecified atom stereocenters. The van der Waals surface area contributed by atoms with E-state index in [1.807, 2.05) is 0 Å². The van der Waals surface area contributed by atoms with E-state index in [0.717, 1.165) is 30.5 Å². The van der Waals surface area contributed by atoms with Gasteiger partial charge in [0, 0.05) is 20.5 Å². The van der Waals surface area contributed by atoms with Crippen LogP contribution < -0.4 is 0 Å². The number of fused-ring (bicyclic) bond motifs is 1. The Morgan fingerprint density at radius 3 is 2.65 bits per heavy atom. The van der Waals surface area contributed by atoms with Crippen LogP contribution in [0, 0.1) is 17.8 Å². The summed E-state index contributed by atoms with van der Waals surface area (Å²) in [5.74, 6) is 4.47. The Morgan fingerprint density at radius 2 is 1.91 bits per heavy atom. The average Bonchev–Trinajstić information content (AvgIpc) is 2.56. The Bertz CT molecular complexity index is 531. The molecule has 3 heteroatoms. The van der Waals surface area contributed by atoms with Crippen molar-refractivity contribution in [1.29, 1.82) is 0 Å². The van der Waals surface area contributed by atoms with Crippen LogP contribution in [0.2, 0.25) is 0 Å². The summed E-state index contributed by atoms with van der Waals surface area (Å²) >= 11 is 0. The molecule has 0 saturated heterocycles. The van der Waals surface area contributed by atoms with Crippen molar-refractivity contribution in [3.63, 3.8) is 0 Å². The van der Waals surface area contributed by atoms with Gasteiger partial charge in [-0.3, -0.25) is 0 Å². The maximum Gasteiger partial charge on any atom is 0.130 e. The molecule has 3 nitrogen and oxygen atoms in total. The molecule has 1 heterocycles. The first-order valence-electron chi connectivity index (χ1n) is 9.33. The number of hydrogen-bond donors (Lipinski definition) is 0. The summed E-state index contributed by atoms with van der Waals surface area (Å²) in [5, 5.41) is 0. The molecule has 0 N–H and O–H groups in total. The van der Waals surface area contributed by atoms with Crippen LogP contribution in [0.1, 0.15) is 58.3 Å². The van der Waals surface area contributed by atoms with E-state index >= 15 is 0 Å². The van der Waals surface area contributed by atoms with E-state index < -0.39 is 0 Å². The highest BCUT2D eigenvalue weighted by molar-refractivity contribution is 6.02. The van der Waals surface area contributed by atoms with Crippen LogP contribution in [0.5, 0.6) is 0 Å². The quantitative estimate of drug-likeness (QED) is 0.731. The van der Waals surface area contributed by atoms with Gasteiger partial charge >= 0.3 is 0 Å². The van der Waals surface area contributed by atoms with Gasteiger partial charge in [-0.25, -0.2) is 9.98 Å². The van der Waals surface area contributed by atoms with E-state index in [2.05, 4.69) is 44.1 Å². The third kappa shape index (κ3) is 4.13. The molecular formula is C20H31N3. The monoisotopic (exact) mass is 313 g/mol. The summed E-state index contributed by atoms with van der Waals surface area (Å²) < 4.78 is 0. The molecule has 0 bridgehead atoms. The molecule has 1 fully saturated rings. The lowest BCUT2D eigenvalue weighted by Gasteiger charge is -2.29. The fraction of sp³-hybridized carbons (Fsp3) is 0.700. The zero-order valence-electron chi connectivity index (χ0n) is 15.0. The van der Waals surface area contributed by atoms with E-state index in [0.29, 0.717) is 5.92 Å². The van der Waals surface area contributed by atoms with Gasteiger partial charge in [-0.15, -0.1) is 0 Å². The fourth-order valence-corrected chi connectivity index (χ4v) is 4.05. The molecular weight excluding hydrogens is 282 g/mol. The van der Waals surface area contributed by atoms with E-state index in [1.54, 1.807) is 0 Å². The Morgan fingerprint density at radius 1 is 1.13 bits per heavy atom. The predicted molar refractivity (Wildman–Crippen MR) is 98.9 cm³/mol. The molecule has 0 aromatic rings. The standard InChI is InChI=1S/C20H31N3/c1-15-11-13-16(14-12-15)7-6-10-19-21-18-9-5-4-8-17(18)20(22-19)23(2)3/h4-5,9,15-17H,6-8,10-14H2,1-3H3. The SMILES string of the molecule is CC1CCC(CCCC2=NC3=CC=CCC3C(N(C)C)=N2)CC1. The van der Waals surface area contributed by atoms with Crippen LogP contribution in [0.3, 0.4) is 0 Å². The second-order valence-corrected chi connectivity index (χ2v) is 7.72. The molecule has 0 aromatic heterocycles. The van der Waals surface area contributed by atoms with Gasteiger partial charge in [-0.2, -0.15) is 0 Å². The van der Waals surface area contributed by atoms with E-state index in [4.69, 9.17) is 9.98 Å². The number of amidine groups is 2. The van der Waals surface area contributed by atoms with Crippen molar-refractivity contribution in [2.24, 2.45) is 27.7 Å². The van der Waals surface area contributed by atoms with Gasteiger partial charge in [0.25, 0.3) is 0 Å². The minimum absolute atomic E-state index is 0.360. The highest BCUT2D eigenvalue weighted by Crippen LogP contribution is 2.32. The first-order chi connectivity index (χ1) is 11.1. The first-order valence-corrected chi connectivity index (χ1v) is 9.33. The van der Waals surface area contributed by atoms with Crippen molar-refractivity contribution in [1.82, 2.24) is 4.90 Å². The van der Waals surface area contributed by atoms with Crippen molar-refractivity contribution in [3.05, 3.63) is 23.9 Å². The van der Waals surface area contributed by atoms with Gasteiger partial charge in [-0.1, -0.05) is 51.2 Å². The third-order valence-electron chi connectivity index (χ3n) is 5.55. The van der Waals surface area contributed by atoms with Gasteiger partial charge in [-0.05, 0) is 30.8 Å². The number of hydrogen-bond acceptors (Lipinski definition) is 3. The Hall–Kier alpha value is -1.38. The number of rotatable bonds is 4. The van der Waals surface area contributed by atoms with Gasteiger partial charge in [0.05, 0.1) is 11.6 Å². The van der Waals surface area contributed by atoms with Crippen LogP contribution >= 0.6 is 0 Å². The lowest BCUT2D eigenvalue weighted by Crippen LogP contribution is -2.34. The molecule has 3 rings (SSSR count). The molecule has 2 aliphatic carbocycles. The molecule has 0 spiro atoms. The lowest BCUT2D eigenvalue weighted by atomic mass is 9.80. The molecule has 0 amide bonds. The lowest BCUT2D eigenvalue weighted by molar-refractivity contribution is 0.274. The molecule has 0 aromatic carbocycles. The Labute approximate surface area is 141 Å². The van der Waals surface area contributed by atoms with Crippen LogP contribution in [-0.4, -0.2) is 30.7 Å². The maximum absolute atomic E-state index is 4.88. The smallest absolute Gasteiger partial charge is 0.130 e. The summed E-state index contributed by atoms with van der Waals surface area (Å²) in [4.78, 5) is 11.9. The Balaban J connectivity index is 1.57. The largest absolute Gasteiger partial charge is 0.366 e. The third-order valence-corrected chi connectivity index (χ3v) is 5.55. The number of aliphatic imine (C=N–C) groups is 2. The minimum atomic E-state index is 0.360. The summed E-state index contributed by atoms with van der Waals surface area (Å²) in [6.45, 7) is 2.40. The summed E-state index contributed by atoms with van der Waals surface area (Å²) in [7, 11) is 4.20. The second-order valence-electron chi connectivity index (χ2n) is 7.72. The van der Waals surface area contributed by atoms with Crippen molar-refractivity contribution in [2.75, 3.05) is 14.1 Å². The fourth-order valence-electron chi connectivity index (χ4n) is 4.05. The first kappa shape index (κ1) is 16.5. The van der Waals surface area contributed by atoms with Crippen molar-refractivity contribution in [3.8, 4) is 0 Å².